The van der Waals surface area contributed by atoms with Crippen LogP contribution in [0.5, 0.6) is 0 Å². The molecular weight excluding hydrogens is 238 g/mol. The maximum Gasteiger partial charge on any atom is 0.255 e. The van der Waals surface area contributed by atoms with E-state index in [2.05, 4.69) is 15.9 Å². The van der Waals surface area contributed by atoms with E-state index < -0.39 is 0 Å². The second-order valence-electron chi connectivity index (χ2n) is 2.83. The highest BCUT2D eigenvalue weighted by molar-refractivity contribution is 9.09. The number of hydrogen-bond donors (Lipinski definition) is 0. The van der Waals surface area contributed by atoms with E-state index in [0.717, 1.165) is 18.2 Å². The fourth-order valence-electron chi connectivity index (χ4n) is 1.13. The van der Waals surface area contributed by atoms with Gasteiger partial charge in [0.1, 0.15) is 13.2 Å². The van der Waals surface area contributed by atoms with Crippen molar-refractivity contribution >= 4 is 27.7 Å². The molecule has 1 aliphatic rings. The van der Waals surface area contributed by atoms with Crippen LogP contribution >= 0.6 is 15.9 Å². The van der Waals surface area contributed by atoms with E-state index in [4.69, 9.17) is 4.74 Å². The number of unbranched alkanes of at least 4 members (excludes halogenated alkanes) is 1. The SMILES string of the molecule is O=C1COCC(=O)N1CCCCBr. The summed E-state index contributed by atoms with van der Waals surface area (Å²) in [5.41, 5.74) is 0. The van der Waals surface area contributed by atoms with E-state index in [0.29, 0.717) is 6.54 Å². The van der Waals surface area contributed by atoms with E-state index in [9.17, 15) is 9.59 Å². The van der Waals surface area contributed by atoms with Crippen LogP contribution in [0.2, 0.25) is 0 Å². The predicted octanol–water partition coefficient (Wildman–Crippen LogP) is 0.547. The molecule has 1 aliphatic heterocycles. The number of ether oxygens (including phenoxy) is 1. The molecule has 1 saturated heterocycles. The fourth-order valence-corrected chi connectivity index (χ4v) is 1.53. The Labute approximate surface area is 85.4 Å². The molecule has 0 bridgehead atoms. The Morgan fingerprint density at radius 1 is 1.23 bits per heavy atom. The van der Waals surface area contributed by atoms with Gasteiger partial charge in [0, 0.05) is 11.9 Å². The van der Waals surface area contributed by atoms with Gasteiger partial charge in [-0.1, -0.05) is 15.9 Å². The molecule has 13 heavy (non-hydrogen) atoms. The molecule has 0 N–H and O–H groups in total. The van der Waals surface area contributed by atoms with Crippen LogP contribution in [0.25, 0.3) is 0 Å². The lowest BCUT2D eigenvalue weighted by Crippen LogP contribution is -2.46. The summed E-state index contributed by atoms with van der Waals surface area (Å²) in [6, 6.07) is 0. The molecule has 0 saturated carbocycles. The topological polar surface area (TPSA) is 46.6 Å². The number of morpholine rings is 1. The first-order valence-electron chi connectivity index (χ1n) is 4.22. The Kier molecular flexibility index (Phi) is 4.38. The number of nitrogens with zero attached hydrogens (tertiary/aromatic N) is 1. The Bertz CT molecular complexity index is 192. The van der Waals surface area contributed by atoms with Gasteiger partial charge >= 0.3 is 0 Å². The van der Waals surface area contributed by atoms with Gasteiger partial charge in [-0.25, -0.2) is 0 Å². The molecule has 2 amide bonds. The van der Waals surface area contributed by atoms with E-state index >= 15 is 0 Å². The molecule has 1 heterocycles. The summed E-state index contributed by atoms with van der Waals surface area (Å²) in [4.78, 5) is 23.6. The molecule has 74 valence electrons. The smallest absolute Gasteiger partial charge is 0.255 e. The van der Waals surface area contributed by atoms with Crippen LogP contribution in [0.1, 0.15) is 12.8 Å². The molecule has 1 rings (SSSR count). The van der Waals surface area contributed by atoms with Crippen molar-refractivity contribution in [3.63, 3.8) is 0 Å². The van der Waals surface area contributed by atoms with Crippen molar-refractivity contribution in [3.05, 3.63) is 0 Å². The molecule has 5 heteroatoms. The zero-order valence-electron chi connectivity index (χ0n) is 7.29. The number of hydrogen-bond acceptors (Lipinski definition) is 3. The molecule has 0 aromatic heterocycles. The zero-order valence-corrected chi connectivity index (χ0v) is 8.88. The molecule has 0 aromatic carbocycles. The van der Waals surface area contributed by atoms with Crippen molar-refractivity contribution in [1.29, 1.82) is 0 Å². The van der Waals surface area contributed by atoms with Crippen LogP contribution in [0, 0.1) is 0 Å². The number of amides is 2. The van der Waals surface area contributed by atoms with E-state index in [1.54, 1.807) is 0 Å². The number of rotatable bonds is 4. The monoisotopic (exact) mass is 249 g/mol. The molecular formula is C8H12BrNO3. The van der Waals surface area contributed by atoms with Gasteiger partial charge in [-0.3, -0.25) is 14.5 Å². The lowest BCUT2D eigenvalue weighted by atomic mass is 10.3. The maximum atomic E-state index is 11.2. The minimum Gasteiger partial charge on any atom is -0.362 e. The van der Waals surface area contributed by atoms with Crippen LogP contribution in [-0.4, -0.2) is 41.8 Å². The van der Waals surface area contributed by atoms with Crippen LogP contribution in [0.4, 0.5) is 0 Å². The van der Waals surface area contributed by atoms with E-state index in [-0.39, 0.29) is 25.0 Å². The number of carbonyl (C=O) groups is 2. The van der Waals surface area contributed by atoms with Crippen LogP contribution < -0.4 is 0 Å². The van der Waals surface area contributed by atoms with Crippen LogP contribution in [0.3, 0.4) is 0 Å². The fraction of sp³-hybridized carbons (Fsp3) is 0.750. The largest absolute Gasteiger partial charge is 0.362 e. The standard InChI is InChI=1S/C8H12BrNO3/c9-3-1-2-4-10-7(11)5-13-6-8(10)12/h1-6H2. The minimum absolute atomic E-state index is 0.0417. The molecule has 1 fully saturated rings. The Hall–Kier alpha value is -0.420. The highest BCUT2D eigenvalue weighted by Crippen LogP contribution is 2.04. The average Bonchev–Trinajstić information content (AvgIpc) is 2.10. The van der Waals surface area contributed by atoms with Crippen LogP contribution in [-0.2, 0) is 14.3 Å². The summed E-state index contributed by atoms with van der Waals surface area (Å²) in [6.45, 7) is 0.604. The van der Waals surface area contributed by atoms with E-state index in [1.165, 1.54) is 4.90 Å². The lowest BCUT2D eigenvalue weighted by Gasteiger charge is -2.24. The molecule has 0 aliphatic carbocycles. The van der Waals surface area contributed by atoms with Crippen LogP contribution in [0.15, 0.2) is 0 Å². The molecule has 0 spiro atoms. The van der Waals surface area contributed by atoms with Gasteiger partial charge < -0.3 is 4.74 Å². The third kappa shape index (κ3) is 3.08. The van der Waals surface area contributed by atoms with Gasteiger partial charge in [0.15, 0.2) is 0 Å². The van der Waals surface area contributed by atoms with Crippen molar-refractivity contribution in [1.82, 2.24) is 4.90 Å². The zero-order chi connectivity index (χ0) is 9.68. The van der Waals surface area contributed by atoms with Crippen molar-refractivity contribution in [3.8, 4) is 0 Å². The third-order valence-corrected chi connectivity index (χ3v) is 2.38. The predicted molar refractivity (Wildman–Crippen MR) is 50.6 cm³/mol. The third-order valence-electron chi connectivity index (χ3n) is 1.82. The van der Waals surface area contributed by atoms with Gasteiger partial charge in [0.25, 0.3) is 11.8 Å². The van der Waals surface area contributed by atoms with Crippen molar-refractivity contribution in [2.75, 3.05) is 25.1 Å². The number of alkyl halides is 1. The lowest BCUT2D eigenvalue weighted by molar-refractivity contribution is -0.158. The minimum atomic E-state index is -0.217. The maximum absolute atomic E-state index is 11.2. The number of carbonyl (C=O) groups excluding carboxylic acids is 2. The number of imide groups is 1. The molecule has 0 atom stereocenters. The molecule has 0 radical (unpaired) electrons. The second-order valence-corrected chi connectivity index (χ2v) is 3.62. The van der Waals surface area contributed by atoms with E-state index in [1.807, 2.05) is 0 Å². The normalized spacial score (nSPS) is 18.1. The quantitative estimate of drug-likeness (QED) is 0.416. The van der Waals surface area contributed by atoms with Gasteiger partial charge in [-0.05, 0) is 12.8 Å². The summed E-state index contributed by atoms with van der Waals surface area (Å²) in [6.07, 6.45) is 1.82. The molecule has 0 unspecified atom stereocenters. The van der Waals surface area contributed by atoms with Gasteiger partial charge in [0.05, 0.1) is 0 Å². The Morgan fingerprint density at radius 2 is 1.85 bits per heavy atom. The Balaban J connectivity index is 2.35. The highest BCUT2D eigenvalue weighted by Gasteiger charge is 2.25. The summed E-state index contributed by atoms with van der Waals surface area (Å²) >= 11 is 3.29. The van der Waals surface area contributed by atoms with Gasteiger partial charge in [0.2, 0.25) is 0 Å². The first kappa shape index (κ1) is 10.7. The second kappa shape index (κ2) is 5.34. The first-order valence-corrected chi connectivity index (χ1v) is 5.34. The average molecular weight is 250 g/mol. The van der Waals surface area contributed by atoms with Crippen molar-refractivity contribution < 1.29 is 14.3 Å². The van der Waals surface area contributed by atoms with Gasteiger partial charge in [-0.15, -0.1) is 0 Å². The summed E-state index contributed by atoms with van der Waals surface area (Å²) in [5.74, 6) is -0.434. The molecule has 0 aromatic rings. The van der Waals surface area contributed by atoms with Gasteiger partial charge in [-0.2, -0.15) is 0 Å². The highest BCUT2D eigenvalue weighted by atomic mass is 79.9. The summed E-state index contributed by atoms with van der Waals surface area (Å²) in [7, 11) is 0. The summed E-state index contributed by atoms with van der Waals surface area (Å²) < 4.78 is 4.78. The van der Waals surface area contributed by atoms with Crippen molar-refractivity contribution in [2.24, 2.45) is 0 Å². The first-order chi connectivity index (χ1) is 6.25. The summed E-state index contributed by atoms with van der Waals surface area (Å²) in [5, 5.41) is 0.903. The Morgan fingerprint density at radius 3 is 2.38 bits per heavy atom. The number of halogens is 1. The molecule has 4 nitrogen and oxygen atoms in total. The van der Waals surface area contributed by atoms with Crippen molar-refractivity contribution in [2.45, 2.75) is 12.8 Å².